The van der Waals surface area contributed by atoms with Crippen molar-refractivity contribution in [3.8, 4) is 0 Å². The molecule has 15 heavy (non-hydrogen) atoms. The van der Waals surface area contributed by atoms with Crippen LogP contribution in [0, 0.1) is 5.92 Å². The van der Waals surface area contributed by atoms with Crippen LogP contribution in [0.15, 0.2) is 12.7 Å². The van der Waals surface area contributed by atoms with Gasteiger partial charge in [0.25, 0.3) is 0 Å². The van der Waals surface area contributed by atoms with Gasteiger partial charge >= 0.3 is 0 Å². The van der Waals surface area contributed by atoms with E-state index in [-0.39, 0.29) is 5.91 Å². The monoisotopic (exact) mass is 210 g/mol. The van der Waals surface area contributed by atoms with Gasteiger partial charge in [0.1, 0.15) is 0 Å². The van der Waals surface area contributed by atoms with Crippen LogP contribution in [0.2, 0.25) is 0 Å². The second-order valence-electron chi connectivity index (χ2n) is 4.29. The van der Waals surface area contributed by atoms with Gasteiger partial charge in [-0.05, 0) is 38.3 Å². The molecule has 1 amide bonds. The van der Waals surface area contributed by atoms with E-state index in [9.17, 15) is 4.79 Å². The average molecular weight is 210 g/mol. The zero-order valence-corrected chi connectivity index (χ0v) is 9.67. The predicted octanol–water partition coefficient (Wildman–Crippen LogP) is 1.41. The molecule has 3 nitrogen and oxygen atoms in total. The van der Waals surface area contributed by atoms with Crippen molar-refractivity contribution < 1.29 is 4.79 Å². The summed E-state index contributed by atoms with van der Waals surface area (Å²) in [7, 11) is 1.84. The van der Waals surface area contributed by atoms with Gasteiger partial charge in [-0.15, -0.1) is 6.58 Å². The van der Waals surface area contributed by atoms with Crippen LogP contribution >= 0.6 is 0 Å². The minimum atomic E-state index is 0.244. The highest BCUT2D eigenvalue weighted by atomic mass is 16.2. The molecular formula is C12H22N2O. The third kappa shape index (κ3) is 4.47. The first-order chi connectivity index (χ1) is 7.24. The van der Waals surface area contributed by atoms with Gasteiger partial charge in [-0.1, -0.05) is 6.08 Å². The second-order valence-corrected chi connectivity index (χ2v) is 4.29. The minimum absolute atomic E-state index is 0.244. The van der Waals surface area contributed by atoms with Gasteiger partial charge in [0.05, 0.1) is 0 Å². The van der Waals surface area contributed by atoms with Crippen molar-refractivity contribution in [2.75, 3.05) is 26.7 Å². The molecule has 0 bridgehead atoms. The summed E-state index contributed by atoms with van der Waals surface area (Å²) in [5, 5.41) is 3.34. The normalized spacial score (nSPS) is 17.4. The second kappa shape index (κ2) is 6.62. The SMILES string of the molecule is C=CCN(C)C(=O)CCC1CCNCC1. The van der Waals surface area contributed by atoms with Crippen molar-refractivity contribution >= 4 is 5.91 Å². The van der Waals surface area contributed by atoms with E-state index in [0.717, 1.165) is 25.4 Å². The molecule has 3 heteroatoms. The van der Waals surface area contributed by atoms with E-state index in [1.807, 2.05) is 7.05 Å². The molecule has 1 aliphatic rings. The molecule has 1 N–H and O–H groups in total. The molecule has 0 spiro atoms. The molecule has 86 valence electrons. The average Bonchev–Trinajstić information content (AvgIpc) is 2.27. The van der Waals surface area contributed by atoms with Crippen LogP contribution in [0.25, 0.3) is 0 Å². The van der Waals surface area contributed by atoms with Crippen LogP contribution in [0.5, 0.6) is 0 Å². The van der Waals surface area contributed by atoms with Gasteiger partial charge in [0, 0.05) is 20.0 Å². The Morgan fingerprint density at radius 3 is 2.80 bits per heavy atom. The summed E-state index contributed by atoms with van der Waals surface area (Å²) in [5.41, 5.74) is 0. The highest BCUT2D eigenvalue weighted by Crippen LogP contribution is 2.17. The third-order valence-corrected chi connectivity index (χ3v) is 3.05. The Labute approximate surface area is 92.5 Å². The first kappa shape index (κ1) is 12.2. The molecule has 0 aromatic heterocycles. The largest absolute Gasteiger partial charge is 0.342 e. The fourth-order valence-electron chi connectivity index (χ4n) is 1.98. The van der Waals surface area contributed by atoms with Crippen LogP contribution in [-0.4, -0.2) is 37.5 Å². The molecule has 0 unspecified atom stereocenters. The summed E-state index contributed by atoms with van der Waals surface area (Å²) in [6.07, 6.45) is 5.94. The Bertz CT molecular complexity index is 210. The van der Waals surface area contributed by atoms with Gasteiger partial charge in [0.15, 0.2) is 0 Å². The zero-order chi connectivity index (χ0) is 11.1. The quantitative estimate of drug-likeness (QED) is 0.696. The van der Waals surface area contributed by atoms with E-state index in [4.69, 9.17) is 0 Å². The number of carbonyl (C=O) groups excluding carboxylic acids is 1. The van der Waals surface area contributed by atoms with Gasteiger partial charge in [0.2, 0.25) is 5.91 Å². The Balaban J connectivity index is 2.17. The predicted molar refractivity (Wildman–Crippen MR) is 62.7 cm³/mol. The first-order valence-corrected chi connectivity index (χ1v) is 5.79. The summed E-state index contributed by atoms with van der Waals surface area (Å²) >= 11 is 0. The summed E-state index contributed by atoms with van der Waals surface area (Å²) in [4.78, 5) is 13.4. The van der Waals surface area contributed by atoms with E-state index >= 15 is 0 Å². The van der Waals surface area contributed by atoms with E-state index in [1.165, 1.54) is 12.8 Å². The lowest BCUT2D eigenvalue weighted by atomic mass is 9.93. The van der Waals surface area contributed by atoms with Crippen molar-refractivity contribution in [1.82, 2.24) is 10.2 Å². The Morgan fingerprint density at radius 2 is 2.20 bits per heavy atom. The fraction of sp³-hybridized carbons (Fsp3) is 0.750. The molecule has 1 aliphatic heterocycles. The molecule has 1 saturated heterocycles. The van der Waals surface area contributed by atoms with Crippen molar-refractivity contribution in [2.45, 2.75) is 25.7 Å². The molecule has 0 aliphatic carbocycles. The van der Waals surface area contributed by atoms with Crippen LogP contribution in [0.3, 0.4) is 0 Å². The molecule has 0 aromatic carbocycles. The molecule has 1 heterocycles. The maximum Gasteiger partial charge on any atom is 0.222 e. The van der Waals surface area contributed by atoms with Gasteiger partial charge in [-0.2, -0.15) is 0 Å². The summed E-state index contributed by atoms with van der Waals surface area (Å²) in [5.74, 6) is 0.987. The molecule has 0 saturated carbocycles. The fourth-order valence-corrected chi connectivity index (χ4v) is 1.98. The molecule has 0 aromatic rings. The molecular weight excluding hydrogens is 188 g/mol. The maximum atomic E-state index is 11.6. The number of hydrogen-bond acceptors (Lipinski definition) is 2. The zero-order valence-electron chi connectivity index (χ0n) is 9.67. The van der Waals surface area contributed by atoms with Crippen molar-refractivity contribution in [3.63, 3.8) is 0 Å². The number of piperidine rings is 1. The minimum Gasteiger partial charge on any atom is -0.342 e. The maximum absolute atomic E-state index is 11.6. The van der Waals surface area contributed by atoms with Crippen molar-refractivity contribution in [3.05, 3.63) is 12.7 Å². The first-order valence-electron chi connectivity index (χ1n) is 5.79. The van der Waals surface area contributed by atoms with Gasteiger partial charge < -0.3 is 10.2 Å². The molecule has 0 atom stereocenters. The number of nitrogens with zero attached hydrogens (tertiary/aromatic N) is 1. The van der Waals surface area contributed by atoms with E-state index in [2.05, 4.69) is 11.9 Å². The topological polar surface area (TPSA) is 32.3 Å². The van der Waals surface area contributed by atoms with Gasteiger partial charge in [-0.25, -0.2) is 0 Å². The lowest BCUT2D eigenvalue weighted by Gasteiger charge is -2.23. The number of nitrogens with one attached hydrogen (secondary N) is 1. The lowest BCUT2D eigenvalue weighted by Crippen LogP contribution is -2.30. The third-order valence-electron chi connectivity index (χ3n) is 3.05. The van der Waals surface area contributed by atoms with Crippen molar-refractivity contribution in [2.24, 2.45) is 5.92 Å². The molecule has 1 fully saturated rings. The Kier molecular flexibility index (Phi) is 5.40. The summed E-state index contributed by atoms with van der Waals surface area (Å²) in [6, 6.07) is 0. The standard InChI is InChI=1S/C12H22N2O/c1-3-10-14(2)12(15)5-4-11-6-8-13-9-7-11/h3,11,13H,1,4-10H2,2H3. The Morgan fingerprint density at radius 1 is 1.53 bits per heavy atom. The number of amides is 1. The summed E-state index contributed by atoms with van der Waals surface area (Å²) < 4.78 is 0. The van der Waals surface area contributed by atoms with Gasteiger partial charge in [-0.3, -0.25) is 4.79 Å². The number of hydrogen-bond donors (Lipinski definition) is 1. The lowest BCUT2D eigenvalue weighted by molar-refractivity contribution is -0.129. The highest BCUT2D eigenvalue weighted by molar-refractivity contribution is 5.75. The van der Waals surface area contributed by atoms with Crippen LogP contribution in [-0.2, 0) is 4.79 Å². The smallest absolute Gasteiger partial charge is 0.222 e. The van der Waals surface area contributed by atoms with Crippen LogP contribution < -0.4 is 5.32 Å². The highest BCUT2D eigenvalue weighted by Gasteiger charge is 2.15. The van der Waals surface area contributed by atoms with Crippen LogP contribution in [0.4, 0.5) is 0 Å². The summed E-state index contributed by atoms with van der Waals surface area (Å²) in [6.45, 7) is 6.51. The van der Waals surface area contributed by atoms with E-state index in [0.29, 0.717) is 13.0 Å². The number of likely N-dealkylation sites (N-methyl/N-ethyl adjacent to an activating group) is 1. The van der Waals surface area contributed by atoms with E-state index in [1.54, 1.807) is 11.0 Å². The Hall–Kier alpha value is -0.830. The number of carbonyl (C=O) groups is 1. The molecule has 0 radical (unpaired) electrons. The van der Waals surface area contributed by atoms with E-state index < -0.39 is 0 Å². The van der Waals surface area contributed by atoms with Crippen LogP contribution in [0.1, 0.15) is 25.7 Å². The number of rotatable bonds is 5. The molecule has 1 rings (SSSR count). The van der Waals surface area contributed by atoms with Crippen molar-refractivity contribution in [1.29, 1.82) is 0 Å².